The molecule has 0 fully saturated rings. The molecule has 0 bridgehead atoms. The van der Waals surface area contributed by atoms with Crippen LogP contribution in [0.1, 0.15) is 59.6 Å². The summed E-state index contributed by atoms with van der Waals surface area (Å²) < 4.78 is 0. The minimum Gasteiger partial charge on any atom is -0.0985 e. The standard InChI is InChI=1S/C20H18.3C2H6/c1-5-15(6-2)19-13(3)17-11-7-9-16-10-8-12-18(14(19)4)20(16)17;3*1-2/h5-12H,1,3H2,2,4H3;3*1-2H3/b15-6-;;;. The zero-order valence-corrected chi connectivity index (χ0v) is 18.0. The Hall–Kier alpha value is -2.34. The molecule has 0 heteroatoms. The molecule has 0 aliphatic carbocycles. The molecular weight excluding hydrogens is 312 g/mol. The first-order valence-electron chi connectivity index (χ1n) is 9.90. The Morgan fingerprint density at radius 2 is 1.35 bits per heavy atom. The van der Waals surface area contributed by atoms with Crippen LogP contribution in [0, 0.1) is 6.92 Å². The maximum absolute atomic E-state index is 4.34. The van der Waals surface area contributed by atoms with Crippen molar-refractivity contribution in [3.05, 3.63) is 71.5 Å². The molecule has 0 nitrogen and oxygen atoms in total. The Balaban J connectivity index is 0.000000948. The minimum absolute atomic E-state index is 1.10. The van der Waals surface area contributed by atoms with Crippen molar-refractivity contribution >= 4 is 33.7 Å². The second kappa shape index (κ2) is 12.1. The van der Waals surface area contributed by atoms with E-state index in [0.717, 1.165) is 10.8 Å². The highest BCUT2D eigenvalue weighted by Crippen LogP contribution is 2.31. The summed E-state index contributed by atoms with van der Waals surface area (Å²) in [5.74, 6) is 0. The molecule has 0 aliphatic heterocycles. The molecule has 0 N–H and O–H groups in total. The van der Waals surface area contributed by atoms with Gasteiger partial charge in [-0.05, 0) is 57.3 Å². The molecule has 0 saturated heterocycles. The van der Waals surface area contributed by atoms with E-state index in [9.17, 15) is 0 Å². The number of benzene rings is 3. The summed E-state index contributed by atoms with van der Waals surface area (Å²) in [6.45, 7) is 24.5. The maximum atomic E-state index is 4.34. The van der Waals surface area contributed by atoms with E-state index in [1.54, 1.807) is 0 Å². The maximum Gasteiger partial charge on any atom is -0.00299 e. The van der Waals surface area contributed by atoms with Gasteiger partial charge in [0, 0.05) is 0 Å². The molecule has 3 aromatic rings. The minimum atomic E-state index is 1.10. The van der Waals surface area contributed by atoms with Crippen molar-refractivity contribution in [2.75, 3.05) is 0 Å². The van der Waals surface area contributed by atoms with E-state index in [0.29, 0.717) is 0 Å². The number of hydrogen-bond acceptors (Lipinski definition) is 0. The predicted molar refractivity (Wildman–Crippen MR) is 125 cm³/mol. The SMILES string of the molecule is C=C/C(=C/C)c1c(C)c2cccc3cccc(c1=C)c32.CC.CC.CC. The quantitative estimate of drug-likeness (QED) is 0.410. The molecule has 0 heterocycles. The van der Waals surface area contributed by atoms with Gasteiger partial charge < -0.3 is 0 Å². The van der Waals surface area contributed by atoms with E-state index in [2.05, 4.69) is 62.6 Å². The fourth-order valence-electron chi connectivity index (χ4n) is 3.16. The van der Waals surface area contributed by atoms with Crippen molar-refractivity contribution in [2.24, 2.45) is 0 Å². The average molecular weight is 349 g/mol. The highest BCUT2D eigenvalue weighted by Gasteiger charge is 2.12. The Kier molecular flexibility index (Phi) is 11.0. The van der Waals surface area contributed by atoms with Crippen LogP contribution in [-0.2, 0) is 0 Å². The lowest BCUT2D eigenvalue weighted by Gasteiger charge is -2.15. The van der Waals surface area contributed by atoms with Gasteiger partial charge in [-0.2, -0.15) is 0 Å². The third-order valence-corrected chi connectivity index (χ3v) is 4.13. The van der Waals surface area contributed by atoms with E-state index in [1.165, 1.54) is 32.7 Å². The summed E-state index contributed by atoms with van der Waals surface area (Å²) in [5, 5.41) is 6.24. The number of rotatable bonds is 2. The Morgan fingerprint density at radius 3 is 1.81 bits per heavy atom. The van der Waals surface area contributed by atoms with Crippen LogP contribution < -0.4 is 5.22 Å². The van der Waals surface area contributed by atoms with Gasteiger partial charge in [-0.3, -0.25) is 0 Å². The van der Waals surface area contributed by atoms with Gasteiger partial charge in [0.05, 0.1) is 0 Å². The summed E-state index contributed by atoms with van der Waals surface area (Å²) in [6, 6.07) is 12.9. The van der Waals surface area contributed by atoms with Gasteiger partial charge in [0.2, 0.25) is 0 Å². The zero-order chi connectivity index (χ0) is 20.3. The zero-order valence-electron chi connectivity index (χ0n) is 18.0. The molecule has 0 aromatic heterocycles. The van der Waals surface area contributed by atoms with Gasteiger partial charge in [0.15, 0.2) is 0 Å². The molecule has 0 aliphatic rings. The third kappa shape index (κ3) is 4.43. The van der Waals surface area contributed by atoms with Crippen LogP contribution in [0.3, 0.4) is 0 Å². The molecule has 0 saturated carbocycles. The van der Waals surface area contributed by atoms with Crippen LogP contribution >= 0.6 is 0 Å². The molecule has 140 valence electrons. The van der Waals surface area contributed by atoms with E-state index in [4.69, 9.17) is 0 Å². The fraction of sp³-hybridized carbons (Fsp3) is 0.308. The molecule has 3 rings (SSSR count). The van der Waals surface area contributed by atoms with Crippen LogP contribution in [0.5, 0.6) is 0 Å². The largest absolute Gasteiger partial charge is 0.0985 e. The smallest absolute Gasteiger partial charge is 0.00299 e. The van der Waals surface area contributed by atoms with Gasteiger partial charge in [0.1, 0.15) is 0 Å². The molecule has 0 unspecified atom stereocenters. The summed E-state index contributed by atoms with van der Waals surface area (Å²) in [4.78, 5) is 0. The predicted octanol–water partition coefficient (Wildman–Crippen LogP) is 8.10. The molecule has 3 aromatic carbocycles. The second-order valence-electron chi connectivity index (χ2n) is 5.14. The normalized spacial score (nSPS) is 10.1. The van der Waals surface area contributed by atoms with E-state index < -0.39 is 0 Å². The second-order valence-corrected chi connectivity index (χ2v) is 5.14. The first kappa shape index (κ1) is 23.7. The van der Waals surface area contributed by atoms with Gasteiger partial charge >= 0.3 is 0 Å². The van der Waals surface area contributed by atoms with Crippen LogP contribution in [0.4, 0.5) is 0 Å². The van der Waals surface area contributed by atoms with Crippen molar-refractivity contribution in [2.45, 2.75) is 55.4 Å². The Morgan fingerprint density at radius 1 is 0.846 bits per heavy atom. The third-order valence-electron chi connectivity index (χ3n) is 4.13. The molecule has 0 radical (unpaired) electrons. The lowest BCUT2D eigenvalue weighted by atomic mass is 9.88. The highest BCUT2D eigenvalue weighted by atomic mass is 14.2. The lowest BCUT2D eigenvalue weighted by Crippen LogP contribution is -2.10. The summed E-state index contributed by atoms with van der Waals surface area (Å²) in [6.07, 6.45) is 4.02. The number of allylic oxidation sites excluding steroid dienone is 3. The van der Waals surface area contributed by atoms with E-state index in [-0.39, 0.29) is 0 Å². The van der Waals surface area contributed by atoms with Crippen LogP contribution in [0.25, 0.3) is 33.7 Å². The van der Waals surface area contributed by atoms with E-state index in [1.807, 2.05) is 54.5 Å². The number of aryl methyl sites for hydroxylation is 1. The summed E-state index contributed by atoms with van der Waals surface area (Å²) in [5.41, 5.74) is 3.65. The monoisotopic (exact) mass is 348 g/mol. The van der Waals surface area contributed by atoms with Crippen LogP contribution in [0.15, 0.2) is 55.1 Å². The first-order chi connectivity index (χ1) is 12.7. The topological polar surface area (TPSA) is 0 Å². The van der Waals surface area contributed by atoms with Crippen molar-refractivity contribution in [1.82, 2.24) is 0 Å². The lowest BCUT2D eigenvalue weighted by molar-refractivity contribution is 1.45. The molecular formula is C26H36. The number of hydrogen-bond donors (Lipinski definition) is 0. The summed E-state index contributed by atoms with van der Waals surface area (Å²) >= 11 is 0. The first-order valence-corrected chi connectivity index (χ1v) is 9.90. The summed E-state index contributed by atoms with van der Waals surface area (Å²) in [7, 11) is 0. The van der Waals surface area contributed by atoms with Crippen molar-refractivity contribution in [3.8, 4) is 0 Å². The molecule has 0 atom stereocenters. The van der Waals surface area contributed by atoms with Gasteiger partial charge in [-0.15, -0.1) is 0 Å². The van der Waals surface area contributed by atoms with Crippen LogP contribution in [-0.4, -0.2) is 0 Å². The van der Waals surface area contributed by atoms with Crippen molar-refractivity contribution in [1.29, 1.82) is 0 Å². The molecule has 0 spiro atoms. The van der Waals surface area contributed by atoms with E-state index >= 15 is 0 Å². The van der Waals surface area contributed by atoms with Crippen LogP contribution in [0.2, 0.25) is 0 Å². The molecule has 26 heavy (non-hydrogen) atoms. The fourth-order valence-corrected chi connectivity index (χ4v) is 3.16. The van der Waals surface area contributed by atoms with Crippen molar-refractivity contribution < 1.29 is 0 Å². The van der Waals surface area contributed by atoms with Crippen molar-refractivity contribution in [3.63, 3.8) is 0 Å². The van der Waals surface area contributed by atoms with Gasteiger partial charge in [-0.1, -0.05) is 103 Å². The van der Waals surface area contributed by atoms with Gasteiger partial charge in [-0.25, -0.2) is 0 Å². The van der Waals surface area contributed by atoms with Gasteiger partial charge in [0.25, 0.3) is 0 Å². The Bertz CT molecular complexity index is 890. The average Bonchev–Trinajstić information content (AvgIpc) is 2.73. The molecule has 0 amide bonds. The highest BCUT2D eigenvalue weighted by molar-refractivity contribution is 6.13. The Labute approximate surface area is 160 Å².